The lowest BCUT2D eigenvalue weighted by Gasteiger charge is -2.25. The molecule has 6 N–H and O–H groups in total. The van der Waals surface area contributed by atoms with Crippen LogP contribution in [-0.2, 0) is 75.3 Å². The van der Waals surface area contributed by atoms with Crippen molar-refractivity contribution < 1.29 is 67.3 Å². The number of carbonyl (C=O) groups is 11. The number of amides is 7. The number of nitrogens with two attached hydrogens (primary N) is 1. The molecule has 0 saturated heterocycles. The van der Waals surface area contributed by atoms with Crippen LogP contribution in [0.15, 0.2) is 158 Å². The van der Waals surface area contributed by atoms with Crippen molar-refractivity contribution in [1.82, 2.24) is 16.0 Å². The maximum absolute atomic E-state index is 13.8. The average molecular weight is 1280 g/mol. The molecule has 0 bridgehead atoms. The summed E-state index contributed by atoms with van der Waals surface area (Å²) in [4.78, 5) is 145. The summed E-state index contributed by atoms with van der Waals surface area (Å²) in [7, 11) is 2.54. The number of methoxy groups -OCH3 is 2. The number of aldehydes is 1. The number of fused-ring (bicyclic) bond motifs is 5. The van der Waals surface area contributed by atoms with E-state index in [4.69, 9.17) is 15.6 Å². The number of hydrogen-bond donors (Lipinski definition) is 5. The van der Waals surface area contributed by atoms with Gasteiger partial charge in [-0.15, -0.1) is 0 Å². The van der Waals surface area contributed by atoms with Crippen LogP contribution in [0.1, 0.15) is 57.6 Å². The van der Waals surface area contributed by atoms with Gasteiger partial charge in [0, 0.05) is 32.4 Å². The van der Waals surface area contributed by atoms with Gasteiger partial charge in [-0.05, 0) is 81.2 Å². The summed E-state index contributed by atoms with van der Waals surface area (Å²) >= 11 is 0. The second-order valence-electron chi connectivity index (χ2n) is 22.2. The smallest absolute Gasteiger partial charge is 0.325 e. The molecule has 24 nitrogen and oxygen atoms in total. The van der Waals surface area contributed by atoms with Gasteiger partial charge in [-0.2, -0.15) is 0 Å². The molecule has 7 aromatic rings. The van der Waals surface area contributed by atoms with Crippen LogP contribution >= 0.6 is 0 Å². The van der Waals surface area contributed by atoms with Gasteiger partial charge in [0.25, 0.3) is 0 Å². The Morgan fingerprint density at radius 1 is 0.500 bits per heavy atom. The van der Waals surface area contributed by atoms with E-state index >= 15 is 0 Å². The van der Waals surface area contributed by atoms with Crippen molar-refractivity contribution in [2.75, 3.05) is 82.9 Å². The van der Waals surface area contributed by atoms with Gasteiger partial charge in [-0.1, -0.05) is 130 Å². The van der Waals surface area contributed by atoms with Crippen LogP contribution in [0.3, 0.4) is 0 Å². The number of ether oxygens (including phenoxy) is 2. The molecule has 0 aromatic heterocycles. The molecular weight excluding hydrogens is 1200 g/mol. The van der Waals surface area contributed by atoms with Crippen molar-refractivity contribution in [1.29, 1.82) is 0 Å². The highest BCUT2D eigenvalue weighted by atomic mass is 16.5. The van der Waals surface area contributed by atoms with Gasteiger partial charge in [0.1, 0.15) is 44.0 Å². The average Bonchev–Trinajstić information content (AvgIpc) is 1.66. The number of para-hydroxylation sites is 6. The second kappa shape index (κ2) is 32.5. The molecule has 24 heteroatoms. The Morgan fingerprint density at radius 2 is 0.851 bits per heavy atom. The molecule has 0 saturated carbocycles. The van der Waals surface area contributed by atoms with E-state index in [1.165, 1.54) is 33.8 Å². The molecule has 4 atom stereocenters. The Kier molecular flexibility index (Phi) is 24.0. The third kappa shape index (κ3) is 16.9. The van der Waals surface area contributed by atoms with Crippen LogP contribution in [0.25, 0.3) is 21.5 Å². The first-order valence-electron chi connectivity index (χ1n) is 30.7. The lowest BCUT2D eigenvalue weighted by molar-refractivity contribution is -0.140. The van der Waals surface area contributed by atoms with Crippen molar-refractivity contribution in [3.63, 3.8) is 0 Å². The van der Waals surface area contributed by atoms with Crippen LogP contribution in [0.4, 0.5) is 34.1 Å². The van der Waals surface area contributed by atoms with Gasteiger partial charge >= 0.3 is 17.9 Å². The first kappa shape index (κ1) is 69.2. The predicted molar refractivity (Wildman–Crippen MR) is 356 cm³/mol. The third-order valence-electron chi connectivity index (χ3n) is 16.0. The van der Waals surface area contributed by atoms with Gasteiger partial charge < -0.3 is 55.8 Å². The maximum Gasteiger partial charge on any atom is 0.325 e. The first-order valence-corrected chi connectivity index (χ1v) is 30.7. The van der Waals surface area contributed by atoms with Crippen molar-refractivity contribution in [3.05, 3.63) is 169 Å². The number of aliphatic carboxylic acids is 1. The molecule has 3 aliphatic heterocycles. The number of esters is 2. The minimum Gasteiger partial charge on any atom is -0.481 e. The van der Waals surface area contributed by atoms with Crippen LogP contribution < -0.4 is 51.1 Å². The number of carboxylic acids is 1. The zero-order chi connectivity index (χ0) is 67.6. The largest absolute Gasteiger partial charge is 0.481 e. The van der Waals surface area contributed by atoms with E-state index in [9.17, 15) is 52.7 Å². The van der Waals surface area contributed by atoms with Crippen molar-refractivity contribution in [3.8, 4) is 0 Å². The summed E-state index contributed by atoms with van der Waals surface area (Å²) in [6.07, 6.45) is 0.591. The molecule has 10 rings (SSSR count). The first-order chi connectivity index (χ1) is 45.3. The molecule has 7 amide bonds. The van der Waals surface area contributed by atoms with Gasteiger partial charge in [0.05, 0.1) is 80.4 Å². The minimum absolute atomic E-state index is 0.0597. The zero-order valence-corrected chi connectivity index (χ0v) is 52.9. The summed E-state index contributed by atoms with van der Waals surface area (Å²) in [5.41, 5.74) is 10.9. The zero-order valence-electron chi connectivity index (χ0n) is 52.9. The highest BCUT2D eigenvalue weighted by molar-refractivity contribution is 6.12. The van der Waals surface area contributed by atoms with Gasteiger partial charge in [0.2, 0.25) is 41.4 Å². The van der Waals surface area contributed by atoms with Crippen molar-refractivity contribution in [2.24, 2.45) is 5.73 Å². The number of benzene rings is 7. The lowest BCUT2D eigenvalue weighted by Crippen LogP contribution is -2.53. The molecule has 0 spiro atoms. The third-order valence-corrected chi connectivity index (χ3v) is 16.0. The quantitative estimate of drug-likeness (QED) is 0.0473. The standard InChI is InChI=1S/C29H30N4O6.C26H27N3O4.C15H19N3O4/c1-2-27(36)32-16-23(30-15-19-11-12-20-7-3-4-8-21(20)13-19)29(39)33(25-10-6-5-9-24(25)32)17-26(35)31-22(18-34)14-28(37)38;1-3-24(30)28-16-21(27-15-18-12-13-19-8-4-5-9-20(19)14-18)26(32)29(17-25(31)33-2)23-11-7-6-10-22(23)28;1-3-13(19)17-8-10(16)15(21)18(9-14(20)22-2)12-7-5-4-6-11(12)17/h3-13,18,22-23,30H,2,14-17H2,1H3,(H,31,35)(H,37,38);4-14,21,27H,3,15-17H2,1-2H3;4-7,10H,3,8-9,16H2,1-2H3/t22-,23?;;/m0../s1. The summed E-state index contributed by atoms with van der Waals surface area (Å²) in [5, 5.41) is 22.4. The Balaban J connectivity index is 0.000000188. The molecule has 94 heavy (non-hydrogen) atoms. The Labute approximate surface area is 543 Å². The lowest BCUT2D eigenvalue weighted by atomic mass is 10.1. The molecule has 0 aliphatic carbocycles. The monoisotopic (exact) mass is 1280 g/mol. The van der Waals surface area contributed by atoms with E-state index in [1.54, 1.807) is 97.3 Å². The summed E-state index contributed by atoms with van der Waals surface area (Å²) < 4.78 is 9.46. The number of rotatable bonds is 19. The molecular formula is C70H76N10O14. The Bertz CT molecular complexity index is 3970. The van der Waals surface area contributed by atoms with E-state index in [0.717, 1.165) is 32.7 Å². The summed E-state index contributed by atoms with van der Waals surface area (Å²) in [6, 6.07) is 45.4. The minimum atomic E-state index is -1.24. The number of nitrogens with one attached hydrogen (secondary N) is 3. The Hall–Kier alpha value is -10.7. The molecule has 3 unspecified atom stereocenters. The molecule has 490 valence electrons. The number of hydrogen-bond acceptors (Lipinski definition) is 16. The highest BCUT2D eigenvalue weighted by Crippen LogP contribution is 2.36. The number of anilines is 6. The SMILES string of the molecule is CCC(=O)N1CC(N)C(=O)N(CC(=O)OC)c2ccccc21.CCC(=O)N1CC(NCc2ccc3ccccc3c2)C(=O)N(CC(=O)N[C@H](C=O)CC(=O)O)c2ccccc21.CCC(=O)N1CC(NCc2ccc3ccccc3c2)C(=O)N(CC(=O)OC)c2ccccc21. The molecule has 0 fully saturated rings. The molecule has 3 heterocycles. The summed E-state index contributed by atoms with van der Waals surface area (Å²) in [6.45, 7) is 5.46. The topological polar surface area (TPSA) is 308 Å². The van der Waals surface area contributed by atoms with E-state index in [0.29, 0.717) is 66.3 Å². The predicted octanol–water partition coefficient (Wildman–Crippen LogP) is 5.78. The second-order valence-corrected chi connectivity index (χ2v) is 22.2. The number of nitrogens with zero attached hydrogens (tertiary/aromatic N) is 6. The van der Waals surface area contributed by atoms with Crippen LogP contribution in [0, 0.1) is 0 Å². The van der Waals surface area contributed by atoms with Gasteiger partial charge in [0.15, 0.2) is 0 Å². The van der Waals surface area contributed by atoms with E-state index in [2.05, 4.69) is 32.8 Å². The molecule has 7 aromatic carbocycles. The molecule has 0 radical (unpaired) electrons. The van der Waals surface area contributed by atoms with Crippen LogP contribution in [-0.4, -0.2) is 148 Å². The summed E-state index contributed by atoms with van der Waals surface area (Å²) in [5.74, 6) is -4.53. The van der Waals surface area contributed by atoms with Gasteiger partial charge in [-0.3, -0.25) is 62.6 Å². The van der Waals surface area contributed by atoms with Crippen molar-refractivity contribution >= 4 is 121 Å². The van der Waals surface area contributed by atoms with Crippen LogP contribution in [0.5, 0.6) is 0 Å². The fourth-order valence-corrected chi connectivity index (χ4v) is 11.1. The fourth-order valence-electron chi connectivity index (χ4n) is 11.1. The fraction of sp³-hybridized carbons (Fsp3) is 0.300. The van der Waals surface area contributed by atoms with E-state index in [1.807, 2.05) is 78.9 Å². The number of carbonyl (C=O) groups excluding carboxylic acids is 10. The highest BCUT2D eigenvalue weighted by Gasteiger charge is 2.39. The van der Waals surface area contributed by atoms with Gasteiger partial charge in [-0.25, -0.2) is 0 Å². The maximum atomic E-state index is 13.8. The number of carboxylic acid groups (broad SMARTS) is 1. The van der Waals surface area contributed by atoms with E-state index in [-0.39, 0.29) is 62.8 Å². The van der Waals surface area contributed by atoms with Crippen molar-refractivity contribution in [2.45, 2.75) is 83.7 Å². The molecule has 3 aliphatic rings. The van der Waals surface area contributed by atoms with Crippen LogP contribution in [0.2, 0.25) is 0 Å². The van der Waals surface area contributed by atoms with E-state index < -0.39 is 72.8 Å². The normalized spacial score (nSPS) is 16.3. The Morgan fingerprint density at radius 3 is 1.22 bits per heavy atom.